The van der Waals surface area contributed by atoms with Gasteiger partial charge in [0.15, 0.2) is 0 Å². The predicted molar refractivity (Wildman–Crippen MR) is 61.9 cm³/mol. The minimum Gasteiger partial charge on any atom is -0.392 e. The van der Waals surface area contributed by atoms with Gasteiger partial charge >= 0.3 is 0 Å². The van der Waals surface area contributed by atoms with Crippen LogP contribution in [0.5, 0.6) is 0 Å². The molecule has 1 unspecified atom stereocenters. The van der Waals surface area contributed by atoms with E-state index in [1.165, 1.54) is 38.8 Å². The molecule has 0 aromatic rings. The van der Waals surface area contributed by atoms with Gasteiger partial charge in [0.2, 0.25) is 0 Å². The minimum atomic E-state index is -0.190. The van der Waals surface area contributed by atoms with Crippen molar-refractivity contribution in [3.05, 3.63) is 0 Å². The van der Waals surface area contributed by atoms with Crippen molar-refractivity contribution in [1.29, 1.82) is 0 Å². The van der Waals surface area contributed by atoms with Crippen LogP contribution in [0.1, 0.15) is 32.6 Å². The van der Waals surface area contributed by atoms with Crippen molar-refractivity contribution in [3.8, 4) is 0 Å². The van der Waals surface area contributed by atoms with Gasteiger partial charge in [0.25, 0.3) is 0 Å². The molecule has 3 nitrogen and oxygen atoms in total. The summed E-state index contributed by atoms with van der Waals surface area (Å²) in [4.78, 5) is 2.45. The molecule has 2 aliphatic rings. The molecule has 0 radical (unpaired) electrons. The van der Waals surface area contributed by atoms with E-state index in [9.17, 15) is 5.11 Å². The normalized spacial score (nSPS) is 28.6. The largest absolute Gasteiger partial charge is 0.392 e. The molecule has 1 saturated carbocycles. The van der Waals surface area contributed by atoms with E-state index >= 15 is 0 Å². The summed E-state index contributed by atoms with van der Waals surface area (Å²) in [6.07, 6.45) is 5.23. The molecule has 2 atom stereocenters. The Balaban J connectivity index is 1.74. The number of aliphatic hydroxyl groups is 1. The van der Waals surface area contributed by atoms with E-state index < -0.39 is 0 Å². The number of nitrogens with one attached hydrogen (secondary N) is 1. The maximum Gasteiger partial charge on any atom is 0.0639 e. The van der Waals surface area contributed by atoms with Crippen molar-refractivity contribution in [1.82, 2.24) is 10.2 Å². The average Bonchev–Trinajstić information content (AvgIpc) is 2.80. The maximum atomic E-state index is 9.47. The maximum absolute atomic E-state index is 9.47. The van der Waals surface area contributed by atoms with Crippen LogP contribution in [0.4, 0.5) is 0 Å². The highest BCUT2D eigenvalue weighted by Gasteiger charge is 2.26. The summed E-state index contributed by atoms with van der Waals surface area (Å²) in [5.41, 5.74) is 0. The fourth-order valence-corrected chi connectivity index (χ4v) is 2.49. The Morgan fingerprint density at radius 3 is 2.67 bits per heavy atom. The van der Waals surface area contributed by atoms with E-state index in [1.807, 2.05) is 6.92 Å². The molecule has 2 rings (SSSR count). The molecule has 1 aliphatic carbocycles. The zero-order chi connectivity index (χ0) is 10.7. The van der Waals surface area contributed by atoms with Crippen LogP contribution in [0.2, 0.25) is 0 Å². The summed E-state index contributed by atoms with van der Waals surface area (Å²) in [6, 6.07) is 0.669. The Labute approximate surface area is 92.8 Å². The van der Waals surface area contributed by atoms with E-state index in [0.29, 0.717) is 6.04 Å². The second kappa shape index (κ2) is 5.28. The van der Waals surface area contributed by atoms with Crippen LogP contribution < -0.4 is 5.32 Å². The number of nitrogens with zero attached hydrogens (tertiary/aromatic N) is 1. The highest BCUT2D eigenvalue weighted by molar-refractivity contribution is 4.83. The Hall–Kier alpha value is -0.120. The Kier molecular flexibility index (Phi) is 4.00. The molecular formula is C12H24N2O. The molecule has 0 aromatic carbocycles. The molecule has 0 spiro atoms. The third-order valence-corrected chi connectivity index (χ3v) is 3.38. The van der Waals surface area contributed by atoms with Gasteiger partial charge in [-0.25, -0.2) is 0 Å². The van der Waals surface area contributed by atoms with Gasteiger partial charge in [-0.3, -0.25) is 4.90 Å². The quantitative estimate of drug-likeness (QED) is 0.684. The van der Waals surface area contributed by atoms with Crippen LogP contribution >= 0.6 is 0 Å². The minimum absolute atomic E-state index is 0.190. The summed E-state index contributed by atoms with van der Waals surface area (Å²) in [5, 5.41) is 13.0. The lowest BCUT2D eigenvalue weighted by atomic mass is 10.2. The van der Waals surface area contributed by atoms with Crippen molar-refractivity contribution in [2.24, 2.45) is 5.92 Å². The molecule has 0 aromatic heterocycles. The lowest BCUT2D eigenvalue weighted by Gasteiger charge is -2.26. The van der Waals surface area contributed by atoms with Crippen molar-refractivity contribution in [3.63, 3.8) is 0 Å². The molecule has 88 valence electrons. The monoisotopic (exact) mass is 212 g/mol. The first-order valence-corrected chi connectivity index (χ1v) is 6.38. The van der Waals surface area contributed by atoms with Crippen molar-refractivity contribution in [2.75, 3.05) is 26.2 Å². The van der Waals surface area contributed by atoms with Gasteiger partial charge in [-0.2, -0.15) is 0 Å². The first kappa shape index (κ1) is 11.4. The van der Waals surface area contributed by atoms with Crippen molar-refractivity contribution >= 4 is 0 Å². The SMILES string of the molecule is C[C@@H](O)CN(CC1CC1)CC1CCCN1. The van der Waals surface area contributed by atoms with Gasteiger partial charge in [-0.05, 0) is 45.1 Å². The average molecular weight is 212 g/mol. The molecule has 2 N–H and O–H groups in total. The summed E-state index contributed by atoms with van der Waals surface area (Å²) in [7, 11) is 0. The molecule has 1 saturated heterocycles. The van der Waals surface area contributed by atoms with E-state index in [2.05, 4.69) is 10.2 Å². The van der Waals surface area contributed by atoms with E-state index in [4.69, 9.17) is 0 Å². The standard InChI is InChI=1S/C12H24N2O/c1-10(15)7-14(8-11-4-5-11)9-12-3-2-6-13-12/h10-13,15H,2-9H2,1H3/t10-,12?/m1/s1. The molecule has 15 heavy (non-hydrogen) atoms. The van der Waals surface area contributed by atoms with Gasteiger partial charge in [0.1, 0.15) is 0 Å². The fourth-order valence-electron chi connectivity index (χ4n) is 2.49. The molecule has 1 heterocycles. The number of rotatable bonds is 6. The molecule has 0 amide bonds. The predicted octanol–water partition coefficient (Wildman–Crippen LogP) is 0.831. The first-order chi connectivity index (χ1) is 7.24. The van der Waals surface area contributed by atoms with Crippen molar-refractivity contribution < 1.29 is 5.11 Å². The van der Waals surface area contributed by atoms with E-state index in [1.54, 1.807) is 0 Å². The van der Waals surface area contributed by atoms with Gasteiger partial charge in [-0.15, -0.1) is 0 Å². The zero-order valence-corrected chi connectivity index (χ0v) is 9.78. The third kappa shape index (κ3) is 4.09. The molecular weight excluding hydrogens is 188 g/mol. The summed E-state index contributed by atoms with van der Waals surface area (Å²) in [6.45, 7) is 6.23. The molecule has 1 aliphatic heterocycles. The highest BCUT2D eigenvalue weighted by atomic mass is 16.3. The summed E-state index contributed by atoms with van der Waals surface area (Å²) >= 11 is 0. The Morgan fingerprint density at radius 1 is 1.33 bits per heavy atom. The summed E-state index contributed by atoms with van der Waals surface area (Å²) < 4.78 is 0. The zero-order valence-electron chi connectivity index (χ0n) is 9.78. The van der Waals surface area contributed by atoms with E-state index in [0.717, 1.165) is 19.0 Å². The van der Waals surface area contributed by atoms with Crippen LogP contribution in [0.3, 0.4) is 0 Å². The molecule has 2 fully saturated rings. The number of hydrogen-bond donors (Lipinski definition) is 2. The van der Waals surface area contributed by atoms with Crippen LogP contribution in [-0.2, 0) is 0 Å². The second-order valence-electron chi connectivity index (χ2n) is 5.30. The number of aliphatic hydroxyl groups excluding tert-OH is 1. The molecule has 3 heteroatoms. The fraction of sp³-hybridized carbons (Fsp3) is 1.00. The van der Waals surface area contributed by atoms with Gasteiger partial charge in [0, 0.05) is 25.7 Å². The van der Waals surface area contributed by atoms with Crippen LogP contribution in [0.25, 0.3) is 0 Å². The molecule has 0 bridgehead atoms. The number of hydrogen-bond acceptors (Lipinski definition) is 3. The van der Waals surface area contributed by atoms with E-state index in [-0.39, 0.29) is 6.10 Å². The topological polar surface area (TPSA) is 35.5 Å². The van der Waals surface area contributed by atoms with Crippen LogP contribution in [0, 0.1) is 5.92 Å². The van der Waals surface area contributed by atoms with Gasteiger partial charge in [0.05, 0.1) is 6.10 Å². The first-order valence-electron chi connectivity index (χ1n) is 6.38. The lowest BCUT2D eigenvalue weighted by Crippen LogP contribution is -2.41. The Bertz CT molecular complexity index is 182. The second-order valence-corrected chi connectivity index (χ2v) is 5.30. The van der Waals surface area contributed by atoms with Crippen LogP contribution in [0.15, 0.2) is 0 Å². The third-order valence-electron chi connectivity index (χ3n) is 3.38. The van der Waals surface area contributed by atoms with Gasteiger partial charge in [-0.1, -0.05) is 0 Å². The Morgan fingerprint density at radius 2 is 2.13 bits per heavy atom. The van der Waals surface area contributed by atoms with Gasteiger partial charge < -0.3 is 10.4 Å². The lowest BCUT2D eigenvalue weighted by molar-refractivity contribution is 0.118. The summed E-state index contributed by atoms with van der Waals surface area (Å²) in [5.74, 6) is 0.921. The van der Waals surface area contributed by atoms with Crippen molar-refractivity contribution in [2.45, 2.75) is 44.8 Å². The highest BCUT2D eigenvalue weighted by Crippen LogP contribution is 2.29. The smallest absolute Gasteiger partial charge is 0.0639 e. The van der Waals surface area contributed by atoms with Crippen LogP contribution in [-0.4, -0.2) is 48.3 Å².